The first-order chi connectivity index (χ1) is 8.90. The molecule has 0 saturated carbocycles. The van der Waals surface area contributed by atoms with Crippen LogP contribution in [-0.4, -0.2) is 26.9 Å². The van der Waals surface area contributed by atoms with Crippen molar-refractivity contribution in [2.24, 2.45) is 0 Å². The topological polar surface area (TPSA) is 30.5 Å². The molecule has 0 aromatic heterocycles. The van der Waals surface area contributed by atoms with Gasteiger partial charge in [0.2, 0.25) is 0 Å². The van der Waals surface area contributed by atoms with E-state index in [0.717, 1.165) is 44.9 Å². The lowest BCUT2D eigenvalue weighted by molar-refractivity contribution is 0.192. The number of fused-ring (bicyclic) bond motifs is 1. The van der Waals surface area contributed by atoms with Crippen molar-refractivity contribution in [3.8, 4) is 5.75 Å². The minimum absolute atomic E-state index is 0.839. The highest BCUT2D eigenvalue weighted by Gasteiger charge is 2.11. The van der Waals surface area contributed by atoms with Crippen LogP contribution in [-0.2, 0) is 17.7 Å². The number of rotatable bonds is 8. The maximum Gasteiger partial charge on any atom is 0.122 e. The van der Waals surface area contributed by atoms with Gasteiger partial charge in [-0.25, -0.2) is 0 Å². The molecule has 18 heavy (non-hydrogen) atoms. The highest BCUT2D eigenvalue weighted by atomic mass is 16.5. The summed E-state index contributed by atoms with van der Waals surface area (Å²) in [7, 11) is 1.76. The van der Waals surface area contributed by atoms with Gasteiger partial charge in [-0.15, -0.1) is 0 Å². The number of hydrogen-bond acceptors (Lipinski definition) is 3. The predicted octanol–water partition coefficient (Wildman–Crippen LogP) is 2.53. The van der Waals surface area contributed by atoms with Crippen molar-refractivity contribution >= 4 is 0 Å². The van der Waals surface area contributed by atoms with Gasteiger partial charge in [-0.1, -0.05) is 12.1 Å². The number of unbranched alkanes of at least 4 members (excludes halogenated alkanes) is 2. The molecule has 0 unspecified atom stereocenters. The van der Waals surface area contributed by atoms with Crippen LogP contribution in [0.5, 0.6) is 5.75 Å². The molecule has 3 nitrogen and oxygen atoms in total. The van der Waals surface area contributed by atoms with Gasteiger partial charge in [0.15, 0.2) is 0 Å². The Morgan fingerprint density at radius 1 is 1.28 bits per heavy atom. The summed E-state index contributed by atoms with van der Waals surface area (Å²) in [5, 5.41) is 3.49. The van der Waals surface area contributed by atoms with Crippen LogP contribution < -0.4 is 10.1 Å². The maximum absolute atomic E-state index is 5.50. The quantitative estimate of drug-likeness (QED) is 0.718. The van der Waals surface area contributed by atoms with Gasteiger partial charge < -0.3 is 14.8 Å². The van der Waals surface area contributed by atoms with Crippen LogP contribution in [0.15, 0.2) is 18.2 Å². The van der Waals surface area contributed by atoms with Gasteiger partial charge >= 0.3 is 0 Å². The van der Waals surface area contributed by atoms with E-state index in [9.17, 15) is 0 Å². The van der Waals surface area contributed by atoms with E-state index in [-0.39, 0.29) is 0 Å². The van der Waals surface area contributed by atoms with Crippen molar-refractivity contribution in [1.82, 2.24) is 5.32 Å². The first-order valence-electron chi connectivity index (χ1n) is 6.84. The monoisotopic (exact) mass is 249 g/mol. The fourth-order valence-corrected chi connectivity index (χ4v) is 2.26. The van der Waals surface area contributed by atoms with Crippen LogP contribution in [0.3, 0.4) is 0 Å². The molecule has 0 bridgehead atoms. The SMILES string of the molecule is COCCCCCNCc1ccc2c(c1)CCO2. The molecule has 0 radical (unpaired) electrons. The lowest BCUT2D eigenvalue weighted by atomic mass is 10.1. The molecule has 3 heteroatoms. The molecule has 0 spiro atoms. The zero-order valence-corrected chi connectivity index (χ0v) is 11.2. The van der Waals surface area contributed by atoms with Crippen LogP contribution in [0.25, 0.3) is 0 Å². The van der Waals surface area contributed by atoms with Crippen molar-refractivity contribution < 1.29 is 9.47 Å². The summed E-state index contributed by atoms with van der Waals surface area (Å²) in [4.78, 5) is 0. The van der Waals surface area contributed by atoms with E-state index in [1.54, 1.807) is 7.11 Å². The summed E-state index contributed by atoms with van der Waals surface area (Å²) >= 11 is 0. The molecule has 0 fully saturated rings. The Bertz CT molecular complexity index is 366. The molecule has 2 rings (SSSR count). The summed E-state index contributed by atoms with van der Waals surface area (Å²) in [6, 6.07) is 6.51. The Kier molecular flexibility index (Phi) is 5.49. The van der Waals surface area contributed by atoms with Crippen LogP contribution in [0.4, 0.5) is 0 Å². The third-order valence-electron chi connectivity index (χ3n) is 3.29. The fraction of sp³-hybridized carbons (Fsp3) is 0.600. The van der Waals surface area contributed by atoms with Crippen LogP contribution >= 0.6 is 0 Å². The van der Waals surface area contributed by atoms with Crippen molar-refractivity contribution in [3.05, 3.63) is 29.3 Å². The highest BCUT2D eigenvalue weighted by molar-refractivity contribution is 5.39. The van der Waals surface area contributed by atoms with E-state index in [4.69, 9.17) is 9.47 Å². The summed E-state index contributed by atoms with van der Waals surface area (Å²) in [5.74, 6) is 1.07. The van der Waals surface area contributed by atoms with Gasteiger partial charge in [0.05, 0.1) is 6.61 Å². The van der Waals surface area contributed by atoms with E-state index >= 15 is 0 Å². The third kappa shape index (κ3) is 4.00. The van der Waals surface area contributed by atoms with Gasteiger partial charge in [-0.2, -0.15) is 0 Å². The number of benzene rings is 1. The van der Waals surface area contributed by atoms with Crippen molar-refractivity contribution in [2.75, 3.05) is 26.9 Å². The summed E-state index contributed by atoms with van der Waals surface area (Å²) in [5.41, 5.74) is 2.71. The molecule has 1 aliphatic rings. The van der Waals surface area contributed by atoms with Gasteiger partial charge in [-0.3, -0.25) is 0 Å². The summed E-state index contributed by atoms with van der Waals surface area (Å²) in [6.07, 6.45) is 4.67. The van der Waals surface area contributed by atoms with Crippen LogP contribution in [0.1, 0.15) is 30.4 Å². The molecular weight excluding hydrogens is 226 g/mol. The molecule has 0 saturated heterocycles. The number of methoxy groups -OCH3 is 1. The van der Waals surface area contributed by atoms with Gasteiger partial charge in [-0.05, 0) is 43.0 Å². The van der Waals surface area contributed by atoms with E-state index < -0.39 is 0 Å². The molecule has 1 aromatic rings. The Labute approximate surface area is 109 Å². The fourth-order valence-electron chi connectivity index (χ4n) is 2.26. The molecular formula is C15H23NO2. The normalized spacial score (nSPS) is 13.4. The Balaban J connectivity index is 1.62. The summed E-state index contributed by atoms with van der Waals surface area (Å²) in [6.45, 7) is 3.76. The van der Waals surface area contributed by atoms with Gasteiger partial charge in [0, 0.05) is 26.7 Å². The number of nitrogens with one attached hydrogen (secondary N) is 1. The van der Waals surface area contributed by atoms with Crippen LogP contribution in [0, 0.1) is 0 Å². The van der Waals surface area contributed by atoms with E-state index in [2.05, 4.69) is 23.5 Å². The van der Waals surface area contributed by atoms with Crippen molar-refractivity contribution in [3.63, 3.8) is 0 Å². The molecule has 0 atom stereocenters. The Hall–Kier alpha value is -1.06. The minimum atomic E-state index is 0.839. The summed E-state index contributed by atoms with van der Waals surface area (Å²) < 4.78 is 10.5. The van der Waals surface area contributed by atoms with Gasteiger partial charge in [0.25, 0.3) is 0 Å². The lowest BCUT2D eigenvalue weighted by Crippen LogP contribution is -2.14. The molecule has 1 heterocycles. The highest BCUT2D eigenvalue weighted by Crippen LogP contribution is 2.25. The second-order valence-electron chi connectivity index (χ2n) is 4.77. The average Bonchev–Trinajstić information content (AvgIpc) is 2.85. The smallest absolute Gasteiger partial charge is 0.122 e. The van der Waals surface area contributed by atoms with Crippen molar-refractivity contribution in [2.45, 2.75) is 32.2 Å². The zero-order chi connectivity index (χ0) is 12.6. The maximum atomic E-state index is 5.50. The number of hydrogen-bond donors (Lipinski definition) is 1. The second-order valence-corrected chi connectivity index (χ2v) is 4.77. The van der Waals surface area contributed by atoms with E-state index in [1.807, 2.05) is 0 Å². The Morgan fingerprint density at radius 3 is 3.11 bits per heavy atom. The van der Waals surface area contributed by atoms with Crippen LogP contribution in [0.2, 0.25) is 0 Å². The first kappa shape index (κ1) is 13.4. The molecule has 1 aliphatic heterocycles. The Morgan fingerprint density at radius 2 is 2.22 bits per heavy atom. The van der Waals surface area contributed by atoms with Crippen molar-refractivity contribution in [1.29, 1.82) is 0 Å². The van der Waals surface area contributed by atoms with E-state index in [0.29, 0.717) is 0 Å². The molecule has 0 amide bonds. The molecule has 1 aromatic carbocycles. The molecule has 1 N–H and O–H groups in total. The first-order valence-corrected chi connectivity index (χ1v) is 6.84. The predicted molar refractivity (Wildman–Crippen MR) is 73.1 cm³/mol. The third-order valence-corrected chi connectivity index (χ3v) is 3.29. The molecule has 0 aliphatic carbocycles. The second kappa shape index (κ2) is 7.39. The minimum Gasteiger partial charge on any atom is -0.493 e. The van der Waals surface area contributed by atoms with E-state index in [1.165, 1.54) is 24.0 Å². The number of ether oxygens (including phenoxy) is 2. The zero-order valence-electron chi connectivity index (χ0n) is 11.2. The standard InChI is InChI=1S/C15H23NO2/c1-17-9-4-2-3-8-16-12-13-5-6-15-14(11-13)7-10-18-15/h5-6,11,16H,2-4,7-10,12H2,1H3. The largest absolute Gasteiger partial charge is 0.493 e. The van der Waals surface area contributed by atoms with Gasteiger partial charge in [0.1, 0.15) is 5.75 Å². The molecule has 100 valence electrons. The lowest BCUT2D eigenvalue weighted by Gasteiger charge is -2.06. The average molecular weight is 249 g/mol.